The van der Waals surface area contributed by atoms with Crippen LogP contribution < -0.4 is 4.74 Å². The van der Waals surface area contributed by atoms with Gasteiger partial charge in [-0.15, -0.1) is 0 Å². The number of rotatable bonds is 17. The lowest BCUT2D eigenvalue weighted by Gasteiger charge is -2.17. The van der Waals surface area contributed by atoms with Crippen LogP contribution in [0.1, 0.15) is 105 Å². The normalized spacial score (nSPS) is 11.6. The molecule has 0 saturated heterocycles. The molecule has 2 aromatic rings. The van der Waals surface area contributed by atoms with E-state index in [9.17, 15) is 0 Å². The Morgan fingerprint density at radius 3 is 1.97 bits per heavy atom. The van der Waals surface area contributed by atoms with E-state index in [0.717, 1.165) is 40.8 Å². The second-order valence-corrected chi connectivity index (χ2v) is 11.4. The van der Waals surface area contributed by atoms with Crippen molar-refractivity contribution < 1.29 is 4.74 Å². The summed E-state index contributed by atoms with van der Waals surface area (Å²) in [5.41, 5.74) is 2.62. The van der Waals surface area contributed by atoms with Gasteiger partial charge in [-0.2, -0.15) is 0 Å². The Hall–Kier alpha value is -1.55. The molecule has 3 nitrogen and oxygen atoms in total. The Bertz CT molecular complexity index is 738. The number of ether oxygens (including phenoxy) is 1. The third-order valence-electron chi connectivity index (χ3n) is 5.88. The zero-order chi connectivity index (χ0) is 23.8. The number of unbranched alkanes of at least 4 members (excludes halogenated alkanes) is 9. The number of hydrogen-bond donors (Lipinski definition) is 0. The van der Waals surface area contributed by atoms with E-state index in [-0.39, 0.29) is 0 Å². The second kappa shape index (κ2) is 16.1. The van der Waals surface area contributed by atoms with Gasteiger partial charge < -0.3 is 4.74 Å². The first kappa shape index (κ1) is 27.7. The van der Waals surface area contributed by atoms with Crippen LogP contribution in [0.25, 0.3) is 11.1 Å². The zero-order valence-electron chi connectivity index (χ0n) is 21.6. The van der Waals surface area contributed by atoms with Gasteiger partial charge in [-0.25, -0.2) is 9.97 Å². The third kappa shape index (κ3) is 13.1. The first-order valence-corrected chi connectivity index (χ1v) is 14.1. The summed E-state index contributed by atoms with van der Waals surface area (Å²) in [4.78, 5) is 9.12. The SMILES string of the molecule is CCCCCCCCCCSc1ncc(-c2ccc(OCCCCCC(C)(C)C)cc2)cn1. The smallest absolute Gasteiger partial charge is 0.187 e. The van der Waals surface area contributed by atoms with Gasteiger partial charge in [0.25, 0.3) is 0 Å². The molecule has 1 aromatic heterocycles. The maximum atomic E-state index is 5.91. The Kier molecular flexibility index (Phi) is 13.5. The van der Waals surface area contributed by atoms with Crippen LogP contribution in [0.4, 0.5) is 0 Å². The molecule has 0 spiro atoms. The van der Waals surface area contributed by atoms with Crippen molar-refractivity contribution in [1.82, 2.24) is 9.97 Å². The van der Waals surface area contributed by atoms with Crippen molar-refractivity contribution in [3.63, 3.8) is 0 Å². The van der Waals surface area contributed by atoms with Crippen molar-refractivity contribution in [3.8, 4) is 16.9 Å². The Morgan fingerprint density at radius 2 is 1.33 bits per heavy atom. The quantitative estimate of drug-likeness (QED) is 0.131. The fourth-order valence-corrected chi connectivity index (χ4v) is 4.59. The van der Waals surface area contributed by atoms with Crippen molar-refractivity contribution in [3.05, 3.63) is 36.7 Å². The Labute approximate surface area is 207 Å². The van der Waals surface area contributed by atoms with Crippen LogP contribution in [0.5, 0.6) is 5.75 Å². The summed E-state index contributed by atoms with van der Waals surface area (Å²) in [6.07, 6.45) is 19.6. The maximum absolute atomic E-state index is 5.91. The molecule has 0 saturated carbocycles. The van der Waals surface area contributed by atoms with E-state index in [4.69, 9.17) is 4.74 Å². The van der Waals surface area contributed by atoms with Gasteiger partial charge in [-0.3, -0.25) is 0 Å². The summed E-state index contributed by atoms with van der Waals surface area (Å²) in [5, 5.41) is 0.883. The molecule has 184 valence electrons. The summed E-state index contributed by atoms with van der Waals surface area (Å²) in [7, 11) is 0. The molecule has 0 aliphatic heterocycles. The minimum absolute atomic E-state index is 0.435. The lowest BCUT2D eigenvalue weighted by Crippen LogP contribution is -2.04. The molecule has 1 heterocycles. The second-order valence-electron chi connectivity index (χ2n) is 10.3. The molecule has 0 amide bonds. The van der Waals surface area contributed by atoms with Crippen molar-refractivity contribution in [1.29, 1.82) is 0 Å². The minimum atomic E-state index is 0.435. The van der Waals surface area contributed by atoms with Crippen molar-refractivity contribution in [2.75, 3.05) is 12.4 Å². The monoisotopic (exact) mass is 470 g/mol. The standard InChI is InChI=1S/C29H46N2OS/c1-5-6-7-8-9-10-11-15-22-33-28-30-23-26(24-31-28)25-16-18-27(19-17-25)32-21-14-12-13-20-29(2,3)4/h16-19,23-24H,5-15,20-22H2,1-4H3. The average molecular weight is 471 g/mol. The van der Waals surface area contributed by atoms with Gasteiger partial charge in [0.1, 0.15) is 5.75 Å². The van der Waals surface area contributed by atoms with Gasteiger partial charge in [-0.1, -0.05) is 109 Å². The fraction of sp³-hybridized carbons (Fsp3) is 0.655. The molecular formula is C29H46N2OS. The summed E-state index contributed by atoms with van der Waals surface area (Å²) >= 11 is 1.77. The first-order valence-electron chi connectivity index (χ1n) is 13.2. The van der Waals surface area contributed by atoms with Gasteiger partial charge in [0, 0.05) is 23.7 Å². The predicted molar refractivity (Wildman–Crippen MR) is 144 cm³/mol. The molecule has 0 aliphatic rings. The zero-order valence-corrected chi connectivity index (χ0v) is 22.4. The number of nitrogens with zero attached hydrogens (tertiary/aromatic N) is 2. The van der Waals surface area contributed by atoms with Crippen LogP contribution in [-0.4, -0.2) is 22.3 Å². The highest BCUT2D eigenvalue weighted by atomic mass is 32.2. The number of hydrogen-bond acceptors (Lipinski definition) is 4. The van der Waals surface area contributed by atoms with E-state index in [0.29, 0.717) is 5.41 Å². The lowest BCUT2D eigenvalue weighted by atomic mass is 9.89. The van der Waals surface area contributed by atoms with Crippen molar-refractivity contribution >= 4 is 11.8 Å². The number of thioether (sulfide) groups is 1. The molecule has 1 aromatic carbocycles. The van der Waals surface area contributed by atoms with E-state index in [1.54, 1.807) is 11.8 Å². The Balaban J connectivity index is 1.61. The molecule has 33 heavy (non-hydrogen) atoms. The predicted octanol–water partition coefficient (Wildman–Crippen LogP) is 9.36. The van der Waals surface area contributed by atoms with Crippen LogP contribution in [-0.2, 0) is 0 Å². The van der Waals surface area contributed by atoms with Gasteiger partial charge >= 0.3 is 0 Å². The molecule has 2 rings (SSSR count). The molecule has 0 atom stereocenters. The molecule has 0 radical (unpaired) electrons. The molecule has 4 heteroatoms. The van der Waals surface area contributed by atoms with Crippen LogP contribution in [0.3, 0.4) is 0 Å². The van der Waals surface area contributed by atoms with Gasteiger partial charge in [0.15, 0.2) is 5.16 Å². The molecule has 0 N–H and O–H groups in total. The minimum Gasteiger partial charge on any atom is -0.494 e. The van der Waals surface area contributed by atoms with Crippen LogP contribution in [0.15, 0.2) is 41.8 Å². The lowest BCUT2D eigenvalue weighted by molar-refractivity contribution is 0.294. The average Bonchev–Trinajstić information content (AvgIpc) is 2.80. The molecule has 0 bridgehead atoms. The highest BCUT2D eigenvalue weighted by molar-refractivity contribution is 7.99. The largest absolute Gasteiger partial charge is 0.494 e. The number of aromatic nitrogens is 2. The van der Waals surface area contributed by atoms with E-state index < -0.39 is 0 Å². The summed E-state index contributed by atoms with van der Waals surface area (Å²) < 4.78 is 5.91. The van der Waals surface area contributed by atoms with E-state index in [1.165, 1.54) is 70.6 Å². The first-order chi connectivity index (χ1) is 16.0. The van der Waals surface area contributed by atoms with Crippen molar-refractivity contribution in [2.45, 2.75) is 110 Å². The van der Waals surface area contributed by atoms with Crippen molar-refractivity contribution in [2.24, 2.45) is 5.41 Å². The summed E-state index contributed by atoms with van der Waals surface area (Å²) in [5.74, 6) is 2.05. The van der Waals surface area contributed by atoms with Gasteiger partial charge in [-0.05, 0) is 42.4 Å². The topological polar surface area (TPSA) is 35.0 Å². The fourth-order valence-electron chi connectivity index (χ4n) is 3.81. The molecule has 0 aliphatic carbocycles. The molecule has 0 unspecified atom stereocenters. The Morgan fingerprint density at radius 1 is 0.727 bits per heavy atom. The van der Waals surface area contributed by atoms with E-state index >= 15 is 0 Å². The number of benzene rings is 1. The van der Waals surface area contributed by atoms with E-state index in [1.807, 2.05) is 12.4 Å². The summed E-state index contributed by atoms with van der Waals surface area (Å²) in [6.45, 7) is 9.98. The maximum Gasteiger partial charge on any atom is 0.187 e. The van der Waals surface area contributed by atoms with Crippen LogP contribution >= 0.6 is 11.8 Å². The van der Waals surface area contributed by atoms with Gasteiger partial charge in [0.05, 0.1) is 6.61 Å². The van der Waals surface area contributed by atoms with Gasteiger partial charge in [0.2, 0.25) is 0 Å². The third-order valence-corrected chi connectivity index (χ3v) is 6.85. The molecular weight excluding hydrogens is 424 g/mol. The van der Waals surface area contributed by atoms with Crippen LogP contribution in [0, 0.1) is 5.41 Å². The highest BCUT2D eigenvalue weighted by Crippen LogP contribution is 2.24. The highest BCUT2D eigenvalue weighted by Gasteiger charge is 2.08. The van der Waals surface area contributed by atoms with Crippen LogP contribution in [0.2, 0.25) is 0 Å². The summed E-state index contributed by atoms with van der Waals surface area (Å²) in [6, 6.07) is 8.30. The van der Waals surface area contributed by atoms with E-state index in [2.05, 4.69) is 61.9 Å². The molecule has 0 fully saturated rings.